The highest BCUT2D eigenvalue weighted by Crippen LogP contribution is 2.21. The predicted octanol–water partition coefficient (Wildman–Crippen LogP) is 4.07. The lowest BCUT2D eigenvalue weighted by atomic mass is 9.94. The fourth-order valence-electron chi connectivity index (χ4n) is 2.22. The molecule has 1 rings (SSSR count). The molecule has 1 amide bonds. The highest BCUT2D eigenvalue weighted by Gasteiger charge is 2.11. The van der Waals surface area contributed by atoms with Crippen molar-refractivity contribution in [1.29, 1.82) is 0 Å². The minimum Gasteiger partial charge on any atom is -0.330 e. The number of nitrogens with one attached hydrogen (secondary N) is 1. The van der Waals surface area contributed by atoms with Gasteiger partial charge in [-0.05, 0) is 43.5 Å². The summed E-state index contributed by atoms with van der Waals surface area (Å²) in [7, 11) is 0. The number of hydrogen-bond acceptors (Lipinski definition) is 2. The molecule has 3 nitrogen and oxygen atoms in total. The zero-order valence-corrected chi connectivity index (χ0v) is 13.4. The average Bonchev–Trinajstić information content (AvgIpc) is 2.40. The highest BCUT2D eigenvalue weighted by molar-refractivity contribution is 9.10. The lowest BCUT2D eigenvalue weighted by Gasteiger charge is -2.14. The van der Waals surface area contributed by atoms with Crippen LogP contribution >= 0.6 is 15.9 Å². The van der Waals surface area contributed by atoms with Crippen LogP contribution in [0.25, 0.3) is 0 Å². The zero-order chi connectivity index (χ0) is 15.0. The van der Waals surface area contributed by atoms with E-state index in [1.165, 1.54) is 6.07 Å². The van der Waals surface area contributed by atoms with E-state index in [2.05, 4.69) is 28.2 Å². The number of carbonyl (C=O) groups is 1. The predicted molar refractivity (Wildman–Crippen MR) is 84.0 cm³/mol. The van der Waals surface area contributed by atoms with Crippen molar-refractivity contribution >= 4 is 27.5 Å². The summed E-state index contributed by atoms with van der Waals surface area (Å²) in [5.74, 6) is -0.102. The van der Waals surface area contributed by atoms with Gasteiger partial charge in [-0.3, -0.25) is 4.79 Å². The maximum Gasteiger partial charge on any atom is 0.224 e. The molecule has 0 bridgehead atoms. The Morgan fingerprint density at radius 3 is 2.75 bits per heavy atom. The van der Waals surface area contributed by atoms with E-state index in [4.69, 9.17) is 5.73 Å². The van der Waals surface area contributed by atoms with Gasteiger partial charge in [-0.15, -0.1) is 0 Å². The third-order valence-electron chi connectivity index (χ3n) is 3.26. The molecule has 0 saturated carbocycles. The molecular formula is C15H22BrFN2O. The Labute approximate surface area is 128 Å². The van der Waals surface area contributed by atoms with E-state index in [-0.39, 0.29) is 11.6 Å². The SMILES string of the molecule is CCCC(CCN)CCC(=O)Nc1ccc(Br)cc1F. The number of hydrogen-bond donors (Lipinski definition) is 2. The Balaban J connectivity index is 2.46. The molecule has 0 aliphatic rings. The monoisotopic (exact) mass is 344 g/mol. The van der Waals surface area contributed by atoms with Crippen LogP contribution in [0.2, 0.25) is 0 Å². The van der Waals surface area contributed by atoms with E-state index in [1.54, 1.807) is 12.1 Å². The van der Waals surface area contributed by atoms with Gasteiger partial charge in [0.15, 0.2) is 0 Å². The van der Waals surface area contributed by atoms with Gasteiger partial charge in [-0.1, -0.05) is 35.7 Å². The molecule has 1 atom stereocenters. The second-order valence-corrected chi connectivity index (χ2v) is 5.86. The van der Waals surface area contributed by atoms with Crippen molar-refractivity contribution in [3.8, 4) is 0 Å². The fraction of sp³-hybridized carbons (Fsp3) is 0.533. The van der Waals surface area contributed by atoms with Gasteiger partial charge >= 0.3 is 0 Å². The topological polar surface area (TPSA) is 55.1 Å². The first kappa shape index (κ1) is 17.1. The Kier molecular flexibility index (Phi) is 7.77. The van der Waals surface area contributed by atoms with Crippen LogP contribution in [0, 0.1) is 11.7 Å². The molecular weight excluding hydrogens is 323 g/mol. The Morgan fingerprint density at radius 1 is 1.40 bits per heavy atom. The second kappa shape index (κ2) is 9.08. The lowest BCUT2D eigenvalue weighted by molar-refractivity contribution is -0.116. The summed E-state index contributed by atoms with van der Waals surface area (Å²) in [6.07, 6.45) is 4.31. The number of carbonyl (C=O) groups excluding carboxylic acids is 1. The van der Waals surface area contributed by atoms with Crippen molar-refractivity contribution in [1.82, 2.24) is 0 Å². The molecule has 0 aliphatic heterocycles. The Morgan fingerprint density at radius 2 is 2.15 bits per heavy atom. The molecule has 0 fully saturated rings. The van der Waals surface area contributed by atoms with Gasteiger partial charge in [0.1, 0.15) is 5.82 Å². The summed E-state index contributed by atoms with van der Waals surface area (Å²) in [5, 5.41) is 2.61. The van der Waals surface area contributed by atoms with Gasteiger partial charge in [-0.2, -0.15) is 0 Å². The smallest absolute Gasteiger partial charge is 0.224 e. The van der Waals surface area contributed by atoms with Crippen LogP contribution in [0.5, 0.6) is 0 Å². The van der Waals surface area contributed by atoms with Gasteiger partial charge in [0, 0.05) is 10.9 Å². The van der Waals surface area contributed by atoms with Crippen LogP contribution in [-0.4, -0.2) is 12.5 Å². The van der Waals surface area contributed by atoms with Crippen molar-refractivity contribution in [2.45, 2.75) is 39.0 Å². The summed E-state index contributed by atoms with van der Waals surface area (Å²) in [5.41, 5.74) is 5.80. The van der Waals surface area contributed by atoms with Crippen molar-refractivity contribution in [2.24, 2.45) is 11.7 Å². The van der Waals surface area contributed by atoms with E-state index < -0.39 is 5.82 Å². The van der Waals surface area contributed by atoms with Crippen molar-refractivity contribution in [2.75, 3.05) is 11.9 Å². The van der Waals surface area contributed by atoms with Crippen LogP contribution in [0.3, 0.4) is 0 Å². The van der Waals surface area contributed by atoms with Crippen LogP contribution < -0.4 is 11.1 Å². The number of nitrogens with two attached hydrogens (primary N) is 1. The third-order valence-corrected chi connectivity index (χ3v) is 3.75. The highest BCUT2D eigenvalue weighted by atomic mass is 79.9. The normalized spacial score (nSPS) is 12.2. The number of benzene rings is 1. The number of amides is 1. The molecule has 0 aliphatic carbocycles. The van der Waals surface area contributed by atoms with Gasteiger partial charge in [0.25, 0.3) is 0 Å². The summed E-state index contributed by atoms with van der Waals surface area (Å²) in [4.78, 5) is 11.8. The summed E-state index contributed by atoms with van der Waals surface area (Å²) >= 11 is 3.18. The standard InChI is InChI=1S/C15H22BrFN2O/c1-2-3-11(8-9-18)4-7-15(20)19-14-6-5-12(16)10-13(14)17/h5-6,10-11H,2-4,7-9,18H2,1H3,(H,19,20). The molecule has 0 heterocycles. The van der Waals surface area contributed by atoms with E-state index in [0.29, 0.717) is 23.4 Å². The first-order valence-corrected chi connectivity index (χ1v) is 7.81. The van der Waals surface area contributed by atoms with Gasteiger partial charge in [0.05, 0.1) is 5.69 Å². The molecule has 1 aromatic carbocycles. The molecule has 0 radical (unpaired) electrons. The minimum absolute atomic E-state index is 0.149. The minimum atomic E-state index is -0.431. The van der Waals surface area contributed by atoms with Gasteiger partial charge in [-0.25, -0.2) is 4.39 Å². The van der Waals surface area contributed by atoms with E-state index in [0.717, 1.165) is 25.7 Å². The first-order chi connectivity index (χ1) is 9.56. The van der Waals surface area contributed by atoms with Crippen LogP contribution in [0.4, 0.5) is 10.1 Å². The number of anilines is 1. The average molecular weight is 345 g/mol. The third kappa shape index (κ3) is 6.01. The largest absolute Gasteiger partial charge is 0.330 e. The molecule has 20 heavy (non-hydrogen) atoms. The van der Waals surface area contributed by atoms with Crippen LogP contribution in [0.15, 0.2) is 22.7 Å². The van der Waals surface area contributed by atoms with Gasteiger partial charge < -0.3 is 11.1 Å². The van der Waals surface area contributed by atoms with Crippen molar-refractivity contribution in [3.63, 3.8) is 0 Å². The quantitative estimate of drug-likeness (QED) is 0.746. The van der Waals surface area contributed by atoms with E-state index in [1.807, 2.05) is 0 Å². The molecule has 1 unspecified atom stereocenters. The molecule has 0 aromatic heterocycles. The Bertz CT molecular complexity index is 434. The molecule has 3 N–H and O–H groups in total. The molecule has 1 aromatic rings. The molecule has 0 saturated heterocycles. The number of halogens is 2. The molecule has 112 valence electrons. The first-order valence-electron chi connectivity index (χ1n) is 7.01. The lowest BCUT2D eigenvalue weighted by Crippen LogP contribution is -2.16. The fourth-order valence-corrected chi connectivity index (χ4v) is 2.55. The second-order valence-electron chi connectivity index (χ2n) is 4.94. The van der Waals surface area contributed by atoms with E-state index >= 15 is 0 Å². The zero-order valence-electron chi connectivity index (χ0n) is 11.8. The summed E-state index contributed by atoms with van der Waals surface area (Å²) < 4.78 is 14.2. The summed E-state index contributed by atoms with van der Waals surface area (Å²) in [6, 6.07) is 4.59. The maximum absolute atomic E-state index is 13.6. The van der Waals surface area contributed by atoms with Gasteiger partial charge in [0.2, 0.25) is 5.91 Å². The van der Waals surface area contributed by atoms with Crippen LogP contribution in [0.1, 0.15) is 39.0 Å². The van der Waals surface area contributed by atoms with Crippen molar-refractivity contribution < 1.29 is 9.18 Å². The number of rotatable bonds is 8. The summed E-state index contributed by atoms with van der Waals surface area (Å²) in [6.45, 7) is 2.77. The molecule has 5 heteroatoms. The van der Waals surface area contributed by atoms with E-state index in [9.17, 15) is 9.18 Å². The van der Waals surface area contributed by atoms with Crippen molar-refractivity contribution in [3.05, 3.63) is 28.5 Å². The Hall–Kier alpha value is -0.940. The molecule has 0 spiro atoms. The maximum atomic E-state index is 13.6. The van der Waals surface area contributed by atoms with Crippen LogP contribution in [-0.2, 0) is 4.79 Å².